The molecule has 0 saturated heterocycles. The zero-order chi connectivity index (χ0) is 15.2. The topological polar surface area (TPSA) is 29.9 Å². The van der Waals surface area contributed by atoms with Crippen LogP contribution >= 0.6 is 0 Å². The molecule has 1 atom stereocenters. The Morgan fingerprint density at radius 1 is 1.33 bits per heavy atom. The van der Waals surface area contributed by atoms with Crippen molar-refractivity contribution in [2.45, 2.75) is 39.2 Å². The molecular formula is C17H24FN3. The Morgan fingerprint density at radius 3 is 2.81 bits per heavy atom. The second-order valence-electron chi connectivity index (χ2n) is 5.47. The molecular weight excluding hydrogens is 265 g/mol. The molecule has 1 aromatic heterocycles. The number of nitrogens with zero attached hydrogens (tertiary/aromatic N) is 2. The first-order valence-electron chi connectivity index (χ1n) is 7.58. The van der Waals surface area contributed by atoms with Crippen molar-refractivity contribution in [3.8, 4) is 0 Å². The monoisotopic (exact) mass is 289 g/mol. The van der Waals surface area contributed by atoms with Gasteiger partial charge in [-0.1, -0.05) is 25.1 Å². The summed E-state index contributed by atoms with van der Waals surface area (Å²) in [5, 5.41) is 7.65. The molecule has 0 radical (unpaired) electrons. The molecule has 3 nitrogen and oxygen atoms in total. The van der Waals surface area contributed by atoms with E-state index in [0.717, 1.165) is 31.4 Å². The number of benzene rings is 1. The number of nitrogens with one attached hydrogen (secondary N) is 1. The van der Waals surface area contributed by atoms with Crippen LogP contribution in [0.4, 0.5) is 4.39 Å². The van der Waals surface area contributed by atoms with E-state index < -0.39 is 0 Å². The minimum Gasteiger partial charge on any atom is -0.310 e. The highest BCUT2D eigenvalue weighted by Gasteiger charge is 2.16. The van der Waals surface area contributed by atoms with Crippen LogP contribution in [0.2, 0.25) is 0 Å². The number of halogens is 1. The van der Waals surface area contributed by atoms with Gasteiger partial charge < -0.3 is 5.32 Å². The van der Waals surface area contributed by atoms with Gasteiger partial charge in [0.05, 0.1) is 0 Å². The third-order valence-corrected chi connectivity index (χ3v) is 3.85. The first-order valence-corrected chi connectivity index (χ1v) is 7.58. The molecule has 1 N–H and O–H groups in total. The summed E-state index contributed by atoms with van der Waals surface area (Å²) in [5.41, 5.74) is 2.65. The van der Waals surface area contributed by atoms with Crippen molar-refractivity contribution in [3.05, 3.63) is 53.1 Å². The van der Waals surface area contributed by atoms with Crippen LogP contribution in [0.3, 0.4) is 0 Å². The molecule has 1 heterocycles. The Morgan fingerprint density at radius 2 is 2.14 bits per heavy atom. The molecule has 1 unspecified atom stereocenters. The van der Waals surface area contributed by atoms with Crippen molar-refractivity contribution in [2.75, 3.05) is 6.54 Å². The molecule has 114 valence electrons. The lowest BCUT2D eigenvalue weighted by atomic mass is 9.98. The molecule has 0 spiro atoms. The zero-order valence-corrected chi connectivity index (χ0v) is 13.1. The quantitative estimate of drug-likeness (QED) is 0.845. The molecule has 0 saturated carbocycles. The Bertz CT molecular complexity index is 577. The van der Waals surface area contributed by atoms with E-state index >= 15 is 0 Å². The summed E-state index contributed by atoms with van der Waals surface area (Å²) in [7, 11) is 1.94. The van der Waals surface area contributed by atoms with Gasteiger partial charge in [0.15, 0.2) is 0 Å². The molecule has 0 bridgehead atoms. The van der Waals surface area contributed by atoms with Crippen LogP contribution in [0.15, 0.2) is 30.5 Å². The van der Waals surface area contributed by atoms with E-state index in [1.807, 2.05) is 42.9 Å². The summed E-state index contributed by atoms with van der Waals surface area (Å²) in [4.78, 5) is 0. The van der Waals surface area contributed by atoms with Gasteiger partial charge in [0.1, 0.15) is 5.82 Å². The molecule has 0 aliphatic rings. The molecule has 4 heteroatoms. The van der Waals surface area contributed by atoms with Crippen molar-refractivity contribution < 1.29 is 4.39 Å². The van der Waals surface area contributed by atoms with Gasteiger partial charge in [-0.15, -0.1) is 0 Å². The number of aromatic nitrogens is 2. The summed E-state index contributed by atoms with van der Waals surface area (Å²) in [6, 6.07) is 7.69. The highest BCUT2D eigenvalue weighted by atomic mass is 19.1. The molecule has 0 aliphatic carbocycles. The van der Waals surface area contributed by atoms with Gasteiger partial charge >= 0.3 is 0 Å². The predicted molar refractivity (Wildman–Crippen MR) is 83.7 cm³/mol. The molecule has 2 rings (SSSR count). The van der Waals surface area contributed by atoms with Crippen LogP contribution in [-0.4, -0.2) is 16.3 Å². The average molecular weight is 289 g/mol. The first kappa shape index (κ1) is 15.7. The number of rotatable bonds is 7. The summed E-state index contributed by atoms with van der Waals surface area (Å²) >= 11 is 0. The summed E-state index contributed by atoms with van der Waals surface area (Å²) in [6.45, 7) is 4.83. The van der Waals surface area contributed by atoms with Crippen molar-refractivity contribution in [1.29, 1.82) is 0 Å². The maximum atomic E-state index is 14.4. The fraction of sp³-hybridized carbons (Fsp3) is 0.471. The molecule has 2 aromatic rings. The van der Waals surface area contributed by atoms with Crippen LogP contribution in [0.5, 0.6) is 0 Å². The summed E-state index contributed by atoms with van der Waals surface area (Å²) in [6.07, 6.45) is 4.58. The molecule has 1 aromatic carbocycles. The van der Waals surface area contributed by atoms with Gasteiger partial charge in [0.2, 0.25) is 0 Å². The SMILES string of the molecule is CCCNC(CCc1ccnn1C)c1cccc(C)c1F. The Labute approximate surface area is 126 Å². The molecule has 21 heavy (non-hydrogen) atoms. The minimum atomic E-state index is -0.0869. The van der Waals surface area contributed by atoms with Crippen molar-refractivity contribution in [2.24, 2.45) is 7.05 Å². The van der Waals surface area contributed by atoms with Crippen LogP contribution < -0.4 is 5.32 Å². The average Bonchev–Trinajstić information content (AvgIpc) is 2.88. The number of hydrogen-bond donors (Lipinski definition) is 1. The maximum Gasteiger partial charge on any atom is 0.130 e. The Hall–Kier alpha value is -1.68. The van der Waals surface area contributed by atoms with E-state index in [2.05, 4.69) is 17.3 Å². The van der Waals surface area contributed by atoms with E-state index in [-0.39, 0.29) is 11.9 Å². The van der Waals surface area contributed by atoms with Crippen molar-refractivity contribution in [1.82, 2.24) is 15.1 Å². The molecule has 0 amide bonds. The fourth-order valence-corrected chi connectivity index (χ4v) is 2.56. The fourth-order valence-electron chi connectivity index (χ4n) is 2.56. The van der Waals surface area contributed by atoms with Gasteiger partial charge in [-0.25, -0.2) is 4.39 Å². The van der Waals surface area contributed by atoms with Gasteiger partial charge in [0, 0.05) is 30.5 Å². The van der Waals surface area contributed by atoms with Gasteiger partial charge in [-0.3, -0.25) is 4.68 Å². The van der Waals surface area contributed by atoms with E-state index in [0.29, 0.717) is 5.56 Å². The maximum absolute atomic E-state index is 14.4. The van der Waals surface area contributed by atoms with Gasteiger partial charge in [-0.2, -0.15) is 5.10 Å². The summed E-state index contributed by atoms with van der Waals surface area (Å²) < 4.78 is 16.2. The van der Waals surface area contributed by atoms with Crippen LogP contribution in [0.25, 0.3) is 0 Å². The number of aryl methyl sites for hydroxylation is 3. The lowest BCUT2D eigenvalue weighted by Gasteiger charge is -2.20. The van der Waals surface area contributed by atoms with Crippen LogP contribution in [0, 0.1) is 12.7 Å². The Balaban J connectivity index is 2.14. The lowest BCUT2D eigenvalue weighted by molar-refractivity contribution is 0.466. The van der Waals surface area contributed by atoms with E-state index in [1.54, 1.807) is 6.20 Å². The summed E-state index contributed by atoms with van der Waals surface area (Å²) in [5.74, 6) is -0.0869. The zero-order valence-electron chi connectivity index (χ0n) is 13.1. The van der Waals surface area contributed by atoms with E-state index in [9.17, 15) is 4.39 Å². The van der Waals surface area contributed by atoms with Crippen molar-refractivity contribution in [3.63, 3.8) is 0 Å². The van der Waals surface area contributed by atoms with E-state index in [1.165, 1.54) is 5.69 Å². The first-order chi connectivity index (χ1) is 10.1. The van der Waals surface area contributed by atoms with Crippen LogP contribution in [-0.2, 0) is 13.5 Å². The van der Waals surface area contributed by atoms with Crippen molar-refractivity contribution >= 4 is 0 Å². The van der Waals surface area contributed by atoms with E-state index in [4.69, 9.17) is 0 Å². The smallest absolute Gasteiger partial charge is 0.130 e. The van der Waals surface area contributed by atoms with Gasteiger partial charge in [-0.05, 0) is 44.4 Å². The predicted octanol–water partition coefficient (Wildman–Crippen LogP) is 3.54. The highest BCUT2D eigenvalue weighted by Crippen LogP contribution is 2.24. The standard InChI is InChI=1S/C17H24FN3/c1-4-11-19-16(9-8-14-10-12-20-21(14)3)15-7-5-6-13(2)17(15)18/h5-7,10,12,16,19H,4,8-9,11H2,1-3H3. The normalized spacial score (nSPS) is 12.6. The minimum absolute atomic E-state index is 0.0414. The molecule has 0 fully saturated rings. The van der Waals surface area contributed by atoms with Crippen LogP contribution in [0.1, 0.15) is 42.6 Å². The third kappa shape index (κ3) is 3.91. The third-order valence-electron chi connectivity index (χ3n) is 3.85. The van der Waals surface area contributed by atoms with Gasteiger partial charge in [0.25, 0.3) is 0 Å². The largest absolute Gasteiger partial charge is 0.310 e. The second kappa shape index (κ2) is 7.36. The Kier molecular flexibility index (Phi) is 5.51. The molecule has 0 aliphatic heterocycles. The highest BCUT2D eigenvalue weighted by molar-refractivity contribution is 5.27. The lowest BCUT2D eigenvalue weighted by Crippen LogP contribution is -2.24. The number of hydrogen-bond acceptors (Lipinski definition) is 2. The second-order valence-corrected chi connectivity index (χ2v) is 5.47.